The van der Waals surface area contributed by atoms with Crippen molar-refractivity contribution < 1.29 is 4.79 Å². The number of rotatable bonds is 8. The molecular weight excluding hydrogens is 248 g/mol. The number of nitrogens with zero attached hydrogens (tertiary/aromatic N) is 1. The molecule has 1 amide bonds. The molecule has 110 valence electrons. The molecule has 0 radical (unpaired) electrons. The van der Waals surface area contributed by atoms with Gasteiger partial charge in [-0.05, 0) is 50.4 Å². The van der Waals surface area contributed by atoms with Crippen LogP contribution in [0, 0.1) is 0 Å². The summed E-state index contributed by atoms with van der Waals surface area (Å²) in [6.07, 6.45) is 4.99. The van der Waals surface area contributed by atoms with E-state index in [-0.39, 0.29) is 0 Å². The fraction of sp³-hybridized carbons (Fsp3) is 0.588. The van der Waals surface area contributed by atoms with Gasteiger partial charge in [-0.1, -0.05) is 31.2 Å². The quantitative estimate of drug-likeness (QED) is 0.739. The molecule has 1 saturated carbocycles. The topological polar surface area (TPSA) is 32.3 Å². The molecule has 0 bridgehead atoms. The fourth-order valence-electron chi connectivity index (χ4n) is 2.44. The van der Waals surface area contributed by atoms with Gasteiger partial charge in [-0.3, -0.25) is 4.79 Å². The van der Waals surface area contributed by atoms with Crippen molar-refractivity contribution in [1.82, 2.24) is 10.2 Å². The summed E-state index contributed by atoms with van der Waals surface area (Å²) in [6.45, 7) is 3.85. The summed E-state index contributed by atoms with van der Waals surface area (Å²) in [5.74, 6) is 0.308. The number of carbonyl (C=O) groups is 1. The first kappa shape index (κ1) is 15.0. The van der Waals surface area contributed by atoms with E-state index in [0.29, 0.717) is 18.4 Å². The van der Waals surface area contributed by atoms with Crippen LogP contribution in [0.4, 0.5) is 0 Å². The monoisotopic (exact) mass is 274 g/mol. The number of hydrogen-bond acceptors (Lipinski definition) is 2. The first-order valence-corrected chi connectivity index (χ1v) is 7.76. The molecule has 1 N–H and O–H groups in total. The molecular formula is C17H26N2O. The van der Waals surface area contributed by atoms with Crippen LogP contribution < -0.4 is 5.32 Å². The van der Waals surface area contributed by atoms with Gasteiger partial charge < -0.3 is 10.2 Å². The lowest BCUT2D eigenvalue weighted by Gasteiger charge is -2.23. The fourth-order valence-corrected chi connectivity index (χ4v) is 2.44. The predicted molar refractivity (Wildman–Crippen MR) is 82.6 cm³/mol. The molecule has 0 atom stereocenters. The van der Waals surface area contributed by atoms with Gasteiger partial charge in [0.15, 0.2) is 0 Å². The SMILES string of the molecule is CCc1ccc(CN(C(=O)CCCNC)C2CC2)cc1. The van der Waals surface area contributed by atoms with E-state index in [4.69, 9.17) is 0 Å². The van der Waals surface area contributed by atoms with Crippen molar-refractivity contribution in [2.45, 2.75) is 51.6 Å². The number of benzene rings is 1. The van der Waals surface area contributed by atoms with Crippen LogP contribution in [0.2, 0.25) is 0 Å². The summed E-state index contributed by atoms with van der Waals surface area (Å²) < 4.78 is 0. The van der Waals surface area contributed by atoms with Crippen molar-refractivity contribution in [3.63, 3.8) is 0 Å². The highest BCUT2D eigenvalue weighted by atomic mass is 16.2. The van der Waals surface area contributed by atoms with Crippen LogP contribution in [-0.4, -0.2) is 30.4 Å². The van der Waals surface area contributed by atoms with Crippen LogP contribution in [0.3, 0.4) is 0 Å². The Hall–Kier alpha value is -1.35. The summed E-state index contributed by atoms with van der Waals surface area (Å²) in [5.41, 5.74) is 2.60. The summed E-state index contributed by atoms with van der Waals surface area (Å²) in [6, 6.07) is 9.16. The number of hydrogen-bond donors (Lipinski definition) is 1. The molecule has 1 aromatic carbocycles. The first-order chi connectivity index (χ1) is 9.74. The molecule has 0 aliphatic heterocycles. The molecule has 2 rings (SSSR count). The second-order valence-corrected chi connectivity index (χ2v) is 5.63. The zero-order valence-corrected chi connectivity index (χ0v) is 12.7. The zero-order chi connectivity index (χ0) is 14.4. The van der Waals surface area contributed by atoms with Gasteiger partial charge in [-0.2, -0.15) is 0 Å². The molecule has 0 aromatic heterocycles. The van der Waals surface area contributed by atoms with Crippen molar-refractivity contribution in [3.8, 4) is 0 Å². The van der Waals surface area contributed by atoms with E-state index >= 15 is 0 Å². The van der Waals surface area contributed by atoms with Crippen molar-refractivity contribution in [2.75, 3.05) is 13.6 Å². The molecule has 20 heavy (non-hydrogen) atoms. The normalized spacial score (nSPS) is 14.3. The van der Waals surface area contributed by atoms with Gasteiger partial charge >= 0.3 is 0 Å². The second kappa shape index (κ2) is 7.44. The molecule has 0 unspecified atom stereocenters. The molecule has 1 aromatic rings. The molecule has 1 aliphatic carbocycles. The zero-order valence-electron chi connectivity index (χ0n) is 12.7. The Morgan fingerprint density at radius 2 is 1.90 bits per heavy atom. The maximum atomic E-state index is 12.3. The summed E-state index contributed by atoms with van der Waals surface area (Å²) in [5, 5.41) is 3.10. The van der Waals surface area contributed by atoms with Crippen molar-refractivity contribution >= 4 is 5.91 Å². The van der Waals surface area contributed by atoms with Crippen LogP contribution in [0.5, 0.6) is 0 Å². The highest BCUT2D eigenvalue weighted by Crippen LogP contribution is 2.29. The third kappa shape index (κ3) is 4.34. The van der Waals surface area contributed by atoms with E-state index in [9.17, 15) is 4.79 Å². The van der Waals surface area contributed by atoms with E-state index in [2.05, 4.69) is 41.4 Å². The summed E-state index contributed by atoms with van der Waals surface area (Å²) >= 11 is 0. The number of nitrogens with one attached hydrogen (secondary N) is 1. The van der Waals surface area contributed by atoms with E-state index in [1.54, 1.807) is 0 Å². The lowest BCUT2D eigenvalue weighted by molar-refractivity contribution is -0.132. The maximum absolute atomic E-state index is 12.3. The van der Waals surface area contributed by atoms with E-state index in [0.717, 1.165) is 25.9 Å². The highest BCUT2D eigenvalue weighted by Gasteiger charge is 2.31. The van der Waals surface area contributed by atoms with Gasteiger partial charge in [0.1, 0.15) is 0 Å². The predicted octanol–water partition coefficient (Wildman–Crippen LogP) is 2.74. The Balaban J connectivity index is 1.92. The average molecular weight is 274 g/mol. The Morgan fingerprint density at radius 3 is 2.45 bits per heavy atom. The van der Waals surface area contributed by atoms with Crippen molar-refractivity contribution in [2.24, 2.45) is 0 Å². The Kier molecular flexibility index (Phi) is 5.60. The van der Waals surface area contributed by atoms with Gasteiger partial charge in [0.25, 0.3) is 0 Å². The molecule has 3 nitrogen and oxygen atoms in total. The smallest absolute Gasteiger partial charge is 0.223 e. The molecule has 1 aliphatic rings. The van der Waals surface area contributed by atoms with Gasteiger partial charge in [0.2, 0.25) is 5.91 Å². The van der Waals surface area contributed by atoms with E-state index in [1.165, 1.54) is 24.0 Å². The van der Waals surface area contributed by atoms with Gasteiger partial charge in [-0.25, -0.2) is 0 Å². The number of carbonyl (C=O) groups excluding carboxylic acids is 1. The second-order valence-electron chi connectivity index (χ2n) is 5.63. The lowest BCUT2D eigenvalue weighted by atomic mass is 10.1. The average Bonchev–Trinajstić information content (AvgIpc) is 3.30. The summed E-state index contributed by atoms with van der Waals surface area (Å²) in [7, 11) is 1.93. The molecule has 3 heteroatoms. The molecule has 0 saturated heterocycles. The minimum Gasteiger partial charge on any atom is -0.335 e. The van der Waals surface area contributed by atoms with Gasteiger partial charge in [0.05, 0.1) is 0 Å². The van der Waals surface area contributed by atoms with Gasteiger partial charge in [0, 0.05) is 19.0 Å². The standard InChI is InChI=1S/C17H26N2O/c1-3-14-6-8-15(9-7-14)13-19(16-10-11-16)17(20)5-4-12-18-2/h6-9,16,18H,3-5,10-13H2,1-2H3. The van der Waals surface area contributed by atoms with Crippen LogP contribution >= 0.6 is 0 Å². The van der Waals surface area contributed by atoms with E-state index in [1.807, 2.05) is 7.05 Å². The maximum Gasteiger partial charge on any atom is 0.223 e. The third-order valence-corrected chi connectivity index (χ3v) is 3.91. The van der Waals surface area contributed by atoms with Crippen LogP contribution in [0.1, 0.15) is 43.7 Å². The molecule has 0 spiro atoms. The third-order valence-electron chi connectivity index (χ3n) is 3.91. The molecule has 0 heterocycles. The van der Waals surface area contributed by atoms with Crippen LogP contribution in [0.25, 0.3) is 0 Å². The van der Waals surface area contributed by atoms with Crippen molar-refractivity contribution in [1.29, 1.82) is 0 Å². The Morgan fingerprint density at radius 1 is 1.25 bits per heavy atom. The highest BCUT2D eigenvalue weighted by molar-refractivity contribution is 5.76. The number of amides is 1. The molecule has 1 fully saturated rings. The summed E-state index contributed by atoms with van der Waals surface area (Å²) in [4.78, 5) is 14.4. The number of aryl methyl sites for hydroxylation is 1. The van der Waals surface area contributed by atoms with Crippen LogP contribution in [-0.2, 0) is 17.8 Å². The minimum atomic E-state index is 0.308. The Bertz CT molecular complexity index is 423. The first-order valence-electron chi connectivity index (χ1n) is 7.76. The Labute approximate surface area is 122 Å². The van der Waals surface area contributed by atoms with Gasteiger partial charge in [-0.15, -0.1) is 0 Å². The van der Waals surface area contributed by atoms with Crippen LogP contribution in [0.15, 0.2) is 24.3 Å². The lowest BCUT2D eigenvalue weighted by Crippen LogP contribution is -2.32. The van der Waals surface area contributed by atoms with E-state index < -0.39 is 0 Å². The van der Waals surface area contributed by atoms with Crippen molar-refractivity contribution in [3.05, 3.63) is 35.4 Å². The minimum absolute atomic E-state index is 0.308. The largest absolute Gasteiger partial charge is 0.335 e.